The van der Waals surface area contributed by atoms with Gasteiger partial charge in [0.05, 0.1) is 0 Å². The van der Waals surface area contributed by atoms with Crippen LogP contribution in [0.4, 0.5) is 0 Å². The molecule has 0 aliphatic carbocycles. The van der Waals surface area contributed by atoms with E-state index < -0.39 is 17.4 Å². The van der Waals surface area contributed by atoms with Gasteiger partial charge in [0, 0.05) is 0 Å². The Kier molecular flexibility index (Phi) is 4.63. The summed E-state index contributed by atoms with van der Waals surface area (Å²) in [4.78, 5) is 21.8. The highest BCUT2D eigenvalue weighted by Gasteiger charge is 2.42. The molecule has 0 unspecified atom stereocenters. The number of carboxylic acids is 2. The van der Waals surface area contributed by atoms with Crippen LogP contribution in [0.15, 0.2) is 24.8 Å². The third kappa shape index (κ3) is 2.45. The van der Waals surface area contributed by atoms with Gasteiger partial charge < -0.3 is 10.2 Å². The summed E-state index contributed by atoms with van der Waals surface area (Å²) in [5, 5.41) is 17.7. The van der Waals surface area contributed by atoms with Gasteiger partial charge >= 0.3 is 11.9 Å². The molecule has 4 nitrogen and oxygen atoms in total. The first kappa shape index (κ1) is 12.4. The summed E-state index contributed by atoms with van der Waals surface area (Å²) in [7, 11) is 0. The fourth-order valence-corrected chi connectivity index (χ4v) is 1.02. The van der Waals surface area contributed by atoms with Crippen molar-refractivity contribution >= 4 is 11.9 Å². The fraction of sp³-hybridized carbons (Fsp3) is 0.400. The second-order valence-electron chi connectivity index (χ2n) is 2.89. The summed E-state index contributed by atoms with van der Waals surface area (Å²) in [6.07, 6.45) is 4.51. The molecule has 0 radical (unpaired) electrons. The van der Waals surface area contributed by atoms with Crippen molar-refractivity contribution in [2.45, 2.75) is 19.8 Å². The lowest BCUT2D eigenvalue weighted by molar-refractivity contribution is -0.160. The van der Waals surface area contributed by atoms with Crippen LogP contribution >= 0.6 is 0 Å². The van der Waals surface area contributed by atoms with Gasteiger partial charge in [-0.2, -0.15) is 0 Å². The Balaban J connectivity index is 5.14. The van der Waals surface area contributed by atoms with Gasteiger partial charge in [-0.3, -0.25) is 9.59 Å². The van der Waals surface area contributed by atoms with Crippen molar-refractivity contribution < 1.29 is 19.8 Å². The van der Waals surface area contributed by atoms with Crippen LogP contribution in [0, 0.1) is 5.41 Å². The largest absolute Gasteiger partial charge is 0.480 e. The zero-order chi connectivity index (χ0) is 11.2. The lowest BCUT2D eigenvalue weighted by atomic mass is 9.84. The maximum absolute atomic E-state index is 10.9. The molecule has 0 atom stereocenters. The maximum Gasteiger partial charge on any atom is 0.325 e. The van der Waals surface area contributed by atoms with Crippen LogP contribution in [0.25, 0.3) is 0 Å². The van der Waals surface area contributed by atoms with Crippen molar-refractivity contribution in [2.24, 2.45) is 5.41 Å². The highest BCUT2D eigenvalue weighted by Crippen LogP contribution is 2.25. The molecule has 0 fully saturated rings. The monoisotopic (exact) mass is 198 g/mol. The predicted molar refractivity (Wildman–Crippen MR) is 51.9 cm³/mol. The Labute approximate surface area is 82.6 Å². The standard InChI is InChI=1S/C10H14O4/c1-3-5-7-10(6-4-2,8(11)12)9(13)14/h4-5,7H,2-3,6H2,1H3,(H,11,12)(H,13,14)/b7-5-. The molecular formula is C10H14O4. The van der Waals surface area contributed by atoms with Crippen LogP contribution in [0.5, 0.6) is 0 Å². The summed E-state index contributed by atoms with van der Waals surface area (Å²) in [5.74, 6) is -2.73. The van der Waals surface area contributed by atoms with Gasteiger partial charge in [-0.15, -0.1) is 6.58 Å². The van der Waals surface area contributed by atoms with Crippen molar-refractivity contribution in [2.75, 3.05) is 0 Å². The van der Waals surface area contributed by atoms with Crippen molar-refractivity contribution in [1.82, 2.24) is 0 Å². The second-order valence-corrected chi connectivity index (χ2v) is 2.89. The Morgan fingerprint density at radius 1 is 1.36 bits per heavy atom. The summed E-state index contributed by atoms with van der Waals surface area (Å²) < 4.78 is 0. The van der Waals surface area contributed by atoms with Crippen LogP contribution in [0.3, 0.4) is 0 Å². The van der Waals surface area contributed by atoms with E-state index in [-0.39, 0.29) is 6.42 Å². The fourth-order valence-electron chi connectivity index (χ4n) is 1.02. The summed E-state index contributed by atoms with van der Waals surface area (Å²) in [5.41, 5.74) is -1.86. The third-order valence-electron chi connectivity index (χ3n) is 1.87. The topological polar surface area (TPSA) is 74.6 Å². The summed E-state index contributed by atoms with van der Waals surface area (Å²) >= 11 is 0. The van der Waals surface area contributed by atoms with Crippen molar-refractivity contribution in [3.8, 4) is 0 Å². The van der Waals surface area contributed by atoms with E-state index in [9.17, 15) is 9.59 Å². The van der Waals surface area contributed by atoms with Crippen molar-refractivity contribution in [3.63, 3.8) is 0 Å². The summed E-state index contributed by atoms with van der Waals surface area (Å²) in [6, 6.07) is 0. The minimum atomic E-state index is -1.86. The Bertz CT molecular complexity index is 251. The van der Waals surface area contributed by atoms with Gasteiger partial charge in [0.1, 0.15) is 0 Å². The molecule has 14 heavy (non-hydrogen) atoms. The molecule has 0 aliphatic heterocycles. The molecular weight excluding hydrogens is 184 g/mol. The smallest absolute Gasteiger partial charge is 0.325 e. The SMILES string of the molecule is C=CCC(/C=C\CC)(C(=O)O)C(=O)O. The van der Waals surface area contributed by atoms with Crippen LogP contribution in [0.1, 0.15) is 19.8 Å². The lowest BCUT2D eigenvalue weighted by Crippen LogP contribution is -2.37. The van der Waals surface area contributed by atoms with E-state index in [0.29, 0.717) is 6.42 Å². The van der Waals surface area contributed by atoms with Gasteiger partial charge in [0.15, 0.2) is 5.41 Å². The van der Waals surface area contributed by atoms with E-state index >= 15 is 0 Å². The maximum atomic E-state index is 10.9. The number of hydrogen-bond acceptors (Lipinski definition) is 2. The first-order valence-corrected chi connectivity index (χ1v) is 4.26. The number of hydrogen-bond donors (Lipinski definition) is 2. The Morgan fingerprint density at radius 3 is 2.14 bits per heavy atom. The molecule has 0 aromatic carbocycles. The Morgan fingerprint density at radius 2 is 1.86 bits per heavy atom. The number of allylic oxidation sites excluding steroid dienone is 2. The zero-order valence-electron chi connectivity index (χ0n) is 8.06. The predicted octanol–water partition coefficient (Wildman–Crippen LogP) is 1.68. The molecule has 0 heterocycles. The second kappa shape index (κ2) is 5.21. The highest BCUT2D eigenvalue weighted by atomic mass is 16.4. The van der Waals surface area contributed by atoms with Gasteiger partial charge in [0.25, 0.3) is 0 Å². The van der Waals surface area contributed by atoms with E-state index in [4.69, 9.17) is 10.2 Å². The molecule has 0 saturated heterocycles. The molecule has 0 spiro atoms. The zero-order valence-corrected chi connectivity index (χ0v) is 8.06. The molecule has 0 aromatic heterocycles. The molecule has 0 aliphatic rings. The normalized spacial score (nSPS) is 11.5. The molecule has 0 aromatic rings. The van der Waals surface area contributed by atoms with Crippen LogP contribution in [0.2, 0.25) is 0 Å². The van der Waals surface area contributed by atoms with Crippen LogP contribution in [-0.2, 0) is 9.59 Å². The van der Waals surface area contributed by atoms with Gasteiger partial charge in [-0.05, 0) is 12.8 Å². The van der Waals surface area contributed by atoms with Crippen molar-refractivity contribution in [1.29, 1.82) is 0 Å². The highest BCUT2D eigenvalue weighted by molar-refractivity contribution is 6.00. The molecule has 0 bridgehead atoms. The third-order valence-corrected chi connectivity index (χ3v) is 1.87. The van der Waals surface area contributed by atoms with Gasteiger partial charge in [0.2, 0.25) is 0 Å². The van der Waals surface area contributed by atoms with E-state index in [1.54, 1.807) is 6.92 Å². The first-order chi connectivity index (χ1) is 6.51. The molecule has 0 amide bonds. The summed E-state index contributed by atoms with van der Waals surface area (Å²) in [6.45, 7) is 5.16. The molecule has 78 valence electrons. The van der Waals surface area contributed by atoms with Crippen LogP contribution < -0.4 is 0 Å². The minimum absolute atomic E-state index is 0.117. The van der Waals surface area contributed by atoms with Gasteiger partial charge in [-0.25, -0.2) is 0 Å². The van der Waals surface area contributed by atoms with E-state index in [1.807, 2.05) is 0 Å². The number of rotatable bonds is 6. The quantitative estimate of drug-likeness (QED) is 0.503. The molecule has 0 saturated carbocycles. The molecule has 4 heteroatoms. The van der Waals surface area contributed by atoms with E-state index in [1.165, 1.54) is 18.2 Å². The first-order valence-electron chi connectivity index (χ1n) is 4.26. The van der Waals surface area contributed by atoms with Crippen LogP contribution in [-0.4, -0.2) is 22.2 Å². The Hall–Kier alpha value is -1.58. The average Bonchev–Trinajstić information content (AvgIpc) is 2.11. The number of carbonyl (C=O) groups is 2. The lowest BCUT2D eigenvalue weighted by Gasteiger charge is -2.18. The average molecular weight is 198 g/mol. The van der Waals surface area contributed by atoms with Crippen molar-refractivity contribution in [3.05, 3.63) is 24.8 Å². The van der Waals surface area contributed by atoms with E-state index in [0.717, 1.165) is 0 Å². The van der Waals surface area contributed by atoms with E-state index in [2.05, 4.69) is 6.58 Å². The number of carboxylic acid groups (broad SMARTS) is 2. The minimum Gasteiger partial charge on any atom is -0.480 e. The molecule has 0 rings (SSSR count). The molecule has 2 N–H and O–H groups in total. The number of aliphatic carboxylic acids is 2. The van der Waals surface area contributed by atoms with Gasteiger partial charge in [-0.1, -0.05) is 25.2 Å².